The number of nitrogens with zero attached hydrogens (tertiary/aromatic N) is 3. The smallest absolute Gasteiger partial charge is 0.244 e. The zero-order valence-corrected chi connectivity index (χ0v) is 19.7. The van der Waals surface area contributed by atoms with Crippen molar-refractivity contribution in [3.8, 4) is 11.4 Å². The maximum Gasteiger partial charge on any atom is 0.244 e. The first-order valence-corrected chi connectivity index (χ1v) is 11.1. The van der Waals surface area contributed by atoms with Gasteiger partial charge in [0.15, 0.2) is 0 Å². The van der Waals surface area contributed by atoms with E-state index in [0.29, 0.717) is 45.6 Å². The Kier molecular flexibility index (Phi) is 8.41. The van der Waals surface area contributed by atoms with E-state index in [-0.39, 0.29) is 42.9 Å². The third-order valence-electron chi connectivity index (χ3n) is 4.82. The van der Waals surface area contributed by atoms with Gasteiger partial charge in [-0.25, -0.2) is 4.39 Å². The van der Waals surface area contributed by atoms with Gasteiger partial charge in [0.1, 0.15) is 5.82 Å². The Hall–Kier alpha value is -2.97. The van der Waals surface area contributed by atoms with Crippen LogP contribution in [-0.2, 0) is 16.0 Å². The van der Waals surface area contributed by atoms with Crippen LogP contribution in [0.4, 0.5) is 10.1 Å². The summed E-state index contributed by atoms with van der Waals surface area (Å²) in [5, 5.41) is 7.38. The molecule has 0 aliphatic carbocycles. The molecule has 2 aromatic carbocycles. The molecule has 33 heavy (non-hydrogen) atoms. The van der Waals surface area contributed by atoms with Gasteiger partial charge in [0, 0.05) is 30.0 Å². The Bertz CT molecular complexity index is 1150. The molecule has 7 nitrogen and oxygen atoms in total. The van der Waals surface area contributed by atoms with E-state index < -0.39 is 0 Å². The van der Waals surface area contributed by atoms with Crippen LogP contribution in [0.3, 0.4) is 0 Å². The Morgan fingerprint density at radius 1 is 1.18 bits per heavy atom. The Labute approximate surface area is 200 Å². The van der Waals surface area contributed by atoms with E-state index in [1.165, 1.54) is 11.0 Å². The minimum Gasteiger partial charge on any atom is -0.339 e. The molecule has 0 aliphatic rings. The van der Waals surface area contributed by atoms with E-state index in [2.05, 4.69) is 15.5 Å². The van der Waals surface area contributed by atoms with E-state index in [0.717, 1.165) is 0 Å². The number of rotatable bonds is 9. The summed E-state index contributed by atoms with van der Waals surface area (Å²) >= 11 is 12.0. The summed E-state index contributed by atoms with van der Waals surface area (Å²) < 4.78 is 18.7. The lowest BCUT2D eigenvalue weighted by atomic mass is 10.1. The highest BCUT2D eigenvalue weighted by Gasteiger charge is 2.19. The molecular formula is C23H23Cl2FN4O3. The lowest BCUT2D eigenvalue weighted by Crippen LogP contribution is -2.38. The number of carbonyl (C=O) groups is 2. The third-order valence-corrected chi connectivity index (χ3v) is 5.38. The molecule has 174 valence electrons. The summed E-state index contributed by atoms with van der Waals surface area (Å²) in [4.78, 5) is 31.0. The van der Waals surface area contributed by atoms with Crippen molar-refractivity contribution in [3.05, 3.63) is 63.7 Å². The number of benzene rings is 2. The molecule has 0 radical (unpaired) electrons. The fourth-order valence-corrected chi connectivity index (χ4v) is 3.48. The Morgan fingerprint density at radius 2 is 1.97 bits per heavy atom. The van der Waals surface area contributed by atoms with Crippen LogP contribution in [0, 0.1) is 12.7 Å². The topological polar surface area (TPSA) is 88.3 Å². The number of hydrogen-bond donors (Lipinski definition) is 1. The third kappa shape index (κ3) is 6.76. The maximum atomic E-state index is 13.5. The molecule has 0 aliphatic heterocycles. The number of aromatic nitrogens is 2. The zero-order valence-electron chi connectivity index (χ0n) is 18.2. The molecule has 0 spiro atoms. The minimum absolute atomic E-state index is 0.0925. The summed E-state index contributed by atoms with van der Waals surface area (Å²) in [5.41, 5.74) is 1.48. The van der Waals surface area contributed by atoms with E-state index in [4.69, 9.17) is 27.7 Å². The van der Waals surface area contributed by atoms with Crippen molar-refractivity contribution in [2.75, 3.05) is 18.4 Å². The summed E-state index contributed by atoms with van der Waals surface area (Å²) in [6, 6.07) is 9.28. The molecule has 0 saturated heterocycles. The van der Waals surface area contributed by atoms with Crippen LogP contribution in [0.2, 0.25) is 10.0 Å². The first kappa shape index (κ1) is 24.7. The molecule has 0 fully saturated rings. The van der Waals surface area contributed by atoms with Crippen LogP contribution < -0.4 is 5.32 Å². The van der Waals surface area contributed by atoms with Crippen LogP contribution in [0.25, 0.3) is 11.4 Å². The highest BCUT2D eigenvalue weighted by Crippen LogP contribution is 2.25. The number of amides is 2. The average molecular weight is 493 g/mol. The second-order valence-electron chi connectivity index (χ2n) is 7.46. The first-order chi connectivity index (χ1) is 15.8. The molecule has 1 aromatic heterocycles. The highest BCUT2D eigenvalue weighted by molar-refractivity contribution is 6.35. The van der Waals surface area contributed by atoms with Crippen molar-refractivity contribution < 1.29 is 18.5 Å². The molecule has 1 N–H and O–H groups in total. The van der Waals surface area contributed by atoms with Crippen LogP contribution in [0.15, 0.2) is 40.9 Å². The zero-order chi connectivity index (χ0) is 24.0. The summed E-state index contributed by atoms with van der Waals surface area (Å²) in [7, 11) is 0. The average Bonchev–Trinajstić information content (AvgIpc) is 3.25. The number of carbonyl (C=O) groups excluding carboxylic acids is 2. The minimum atomic E-state index is -0.382. The van der Waals surface area contributed by atoms with E-state index in [1.807, 2.05) is 6.92 Å². The fraction of sp³-hybridized carbons (Fsp3) is 0.304. The highest BCUT2D eigenvalue weighted by atomic mass is 35.5. The molecule has 3 aromatic rings. The predicted molar refractivity (Wildman–Crippen MR) is 125 cm³/mol. The summed E-state index contributed by atoms with van der Waals surface area (Å²) in [6.07, 6.45) is 0.995. The van der Waals surface area contributed by atoms with Crippen molar-refractivity contribution in [1.29, 1.82) is 0 Å². The van der Waals surface area contributed by atoms with E-state index in [1.54, 1.807) is 37.3 Å². The summed E-state index contributed by atoms with van der Waals surface area (Å²) in [5.74, 6) is -0.310. The molecule has 0 atom stereocenters. The molecule has 0 unspecified atom stereocenters. The SMILES string of the molecule is CCCN(CC(=O)Nc1cc(Cl)ccc1Cl)C(=O)CCc1nc(-c2ccc(F)c(C)c2)no1. The van der Waals surface area contributed by atoms with E-state index >= 15 is 0 Å². The lowest BCUT2D eigenvalue weighted by molar-refractivity contribution is -0.134. The monoisotopic (exact) mass is 492 g/mol. The molecule has 0 bridgehead atoms. The number of anilines is 1. The first-order valence-electron chi connectivity index (χ1n) is 10.4. The van der Waals surface area contributed by atoms with Crippen LogP contribution >= 0.6 is 23.2 Å². The number of hydrogen-bond acceptors (Lipinski definition) is 5. The Balaban J connectivity index is 1.59. The maximum absolute atomic E-state index is 13.5. The van der Waals surface area contributed by atoms with Gasteiger partial charge in [-0.3, -0.25) is 9.59 Å². The number of nitrogens with one attached hydrogen (secondary N) is 1. The van der Waals surface area contributed by atoms with Crippen LogP contribution in [0.1, 0.15) is 31.2 Å². The van der Waals surface area contributed by atoms with Gasteiger partial charge in [-0.15, -0.1) is 0 Å². The Morgan fingerprint density at radius 3 is 2.70 bits per heavy atom. The molecule has 1 heterocycles. The van der Waals surface area contributed by atoms with Crippen molar-refractivity contribution >= 4 is 40.7 Å². The molecule has 3 rings (SSSR count). The van der Waals surface area contributed by atoms with Gasteiger partial charge in [-0.2, -0.15) is 4.98 Å². The standard InChI is InChI=1S/C23H23Cl2FN4O3/c1-3-10-30(13-20(31)27-19-12-16(24)5-6-17(19)25)22(32)9-8-21-28-23(29-33-21)15-4-7-18(26)14(2)11-15/h4-7,11-12H,3,8-10,13H2,1-2H3,(H,27,31). The predicted octanol–water partition coefficient (Wildman–Crippen LogP) is 5.30. The second-order valence-corrected chi connectivity index (χ2v) is 8.31. The van der Waals surface area contributed by atoms with Crippen molar-refractivity contribution in [2.45, 2.75) is 33.1 Å². The lowest BCUT2D eigenvalue weighted by Gasteiger charge is -2.21. The quantitative estimate of drug-likeness (QED) is 0.437. The summed E-state index contributed by atoms with van der Waals surface area (Å²) in [6.45, 7) is 3.86. The van der Waals surface area contributed by atoms with Gasteiger partial charge < -0.3 is 14.7 Å². The normalized spacial score (nSPS) is 10.8. The molecule has 10 heteroatoms. The largest absolute Gasteiger partial charge is 0.339 e. The molecular weight excluding hydrogens is 470 g/mol. The van der Waals surface area contributed by atoms with Crippen molar-refractivity contribution in [2.24, 2.45) is 0 Å². The van der Waals surface area contributed by atoms with Gasteiger partial charge in [0.05, 0.1) is 17.3 Å². The number of aryl methyl sites for hydroxylation is 2. The molecule has 0 saturated carbocycles. The van der Waals surface area contributed by atoms with Gasteiger partial charge in [0.25, 0.3) is 0 Å². The van der Waals surface area contributed by atoms with Gasteiger partial charge >= 0.3 is 0 Å². The van der Waals surface area contributed by atoms with Crippen LogP contribution in [0.5, 0.6) is 0 Å². The van der Waals surface area contributed by atoms with E-state index in [9.17, 15) is 14.0 Å². The second kappa shape index (κ2) is 11.2. The van der Waals surface area contributed by atoms with Gasteiger partial charge in [-0.05, 0) is 55.3 Å². The molecule has 2 amide bonds. The van der Waals surface area contributed by atoms with Gasteiger partial charge in [0.2, 0.25) is 23.5 Å². The van der Waals surface area contributed by atoms with Crippen LogP contribution in [-0.4, -0.2) is 39.9 Å². The van der Waals surface area contributed by atoms with Gasteiger partial charge in [-0.1, -0.05) is 35.3 Å². The number of halogens is 3. The van der Waals surface area contributed by atoms with Crippen molar-refractivity contribution in [3.63, 3.8) is 0 Å². The fourth-order valence-electron chi connectivity index (χ4n) is 3.15. The van der Waals surface area contributed by atoms with Crippen molar-refractivity contribution in [1.82, 2.24) is 15.0 Å².